The lowest BCUT2D eigenvalue weighted by atomic mass is 9.83. The normalized spacial score (nSPS) is 11.7. The summed E-state index contributed by atoms with van der Waals surface area (Å²) < 4.78 is 0. The maximum absolute atomic E-state index is 2.44. The molecule has 0 saturated carbocycles. The summed E-state index contributed by atoms with van der Waals surface area (Å²) in [5.74, 6) is 0. The van der Waals surface area contributed by atoms with Crippen LogP contribution in [0.25, 0.3) is 109 Å². The molecule has 0 aliphatic carbocycles. The molecule has 0 amide bonds. The van der Waals surface area contributed by atoms with E-state index in [2.05, 4.69) is 206 Å². The van der Waals surface area contributed by atoms with Gasteiger partial charge in [0, 0.05) is 0 Å². The van der Waals surface area contributed by atoms with Crippen LogP contribution in [0.1, 0.15) is 0 Å². The molecule has 0 fully saturated rings. The Bertz CT molecular complexity index is 3250. The topological polar surface area (TPSA) is 0 Å². The molecule has 11 aromatic rings. The molecule has 0 aromatic heterocycles. The first-order valence-corrected chi connectivity index (χ1v) is 18.8. The molecule has 250 valence electrons. The summed E-state index contributed by atoms with van der Waals surface area (Å²) in [4.78, 5) is 0. The van der Waals surface area contributed by atoms with Gasteiger partial charge in [0.25, 0.3) is 0 Å². The van der Waals surface area contributed by atoms with Gasteiger partial charge in [0.1, 0.15) is 0 Å². The van der Waals surface area contributed by atoms with Crippen molar-refractivity contribution in [3.05, 3.63) is 206 Å². The first-order chi connectivity index (χ1) is 26.8. The van der Waals surface area contributed by atoms with Crippen LogP contribution >= 0.6 is 0 Å². The molecule has 0 bridgehead atoms. The fraction of sp³-hybridized carbons (Fsp3) is 0. The molecular weight excluding hydrogens is 649 g/mol. The Kier molecular flexibility index (Phi) is 6.97. The standard InChI is InChI=1S/C54H34/c1-4-18-41-35(13-1)16-11-25-43(41)40-31-32-50-52(34-40)53(48-23-9-10-24-49(48)54(50)47-26-12-17-36-14-2-5-19-42(36)47)38-29-27-37(28-30-38)51-33-39-15-3-6-20-44(39)45-21-7-8-22-46(45)51/h1-34H. The zero-order valence-corrected chi connectivity index (χ0v) is 29.6. The zero-order valence-electron chi connectivity index (χ0n) is 29.6. The van der Waals surface area contributed by atoms with E-state index in [4.69, 9.17) is 0 Å². The Hall–Kier alpha value is -7.02. The highest BCUT2D eigenvalue weighted by Gasteiger charge is 2.19. The zero-order chi connectivity index (χ0) is 35.6. The molecule has 0 heterocycles. The number of benzene rings is 11. The molecule has 0 unspecified atom stereocenters. The van der Waals surface area contributed by atoms with Crippen LogP contribution in [0.2, 0.25) is 0 Å². The first kappa shape index (κ1) is 30.6. The van der Waals surface area contributed by atoms with Gasteiger partial charge < -0.3 is 0 Å². The summed E-state index contributed by atoms with van der Waals surface area (Å²) in [6, 6.07) is 76.2. The Morgan fingerprint density at radius 2 is 0.648 bits per heavy atom. The fourth-order valence-electron chi connectivity index (χ4n) is 8.98. The smallest absolute Gasteiger partial charge is 0.00201 e. The van der Waals surface area contributed by atoms with Crippen molar-refractivity contribution >= 4 is 64.6 Å². The van der Waals surface area contributed by atoms with Crippen molar-refractivity contribution in [3.8, 4) is 44.5 Å². The Balaban J connectivity index is 1.20. The molecule has 0 heteroatoms. The summed E-state index contributed by atoms with van der Waals surface area (Å²) in [6.45, 7) is 0. The largest absolute Gasteiger partial charge is 0.0616 e. The van der Waals surface area contributed by atoms with Crippen molar-refractivity contribution in [1.82, 2.24) is 0 Å². The highest BCUT2D eigenvalue weighted by Crippen LogP contribution is 2.47. The third-order valence-corrected chi connectivity index (χ3v) is 11.4. The van der Waals surface area contributed by atoms with E-state index < -0.39 is 0 Å². The van der Waals surface area contributed by atoms with E-state index in [0.717, 1.165) is 0 Å². The van der Waals surface area contributed by atoms with Gasteiger partial charge in [0.15, 0.2) is 0 Å². The predicted octanol–water partition coefficient (Wildman–Crippen LogP) is 15.3. The summed E-state index contributed by atoms with van der Waals surface area (Å²) in [6.07, 6.45) is 0. The molecule has 0 aliphatic rings. The van der Waals surface area contributed by atoms with Crippen molar-refractivity contribution in [1.29, 1.82) is 0 Å². The van der Waals surface area contributed by atoms with Gasteiger partial charge in [-0.2, -0.15) is 0 Å². The molecular formula is C54H34. The number of fused-ring (bicyclic) bond motifs is 7. The third kappa shape index (κ3) is 4.78. The van der Waals surface area contributed by atoms with Crippen LogP contribution in [0.15, 0.2) is 206 Å². The quantitative estimate of drug-likeness (QED) is 0.128. The molecule has 0 aliphatic heterocycles. The predicted molar refractivity (Wildman–Crippen MR) is 233 cm³/mol. The fourth-order valence-corrected chi connectivity index (χ4v) is 8.98. The van der Waals surface area contributed by atoms with Crippen molar-refractivity contribution < 1.29 is 0 Å². The molecule has 0 spiro atoms. The minimum absolute atomic E-state index is 1.21. The highest BCUT2D eigenvalue weighted by atomic mass is 14.2. The molecule has 11 aromatic carbocycles. The van der Waals surface area contributed by atoms with Gasteiger partial charge in [-0.15, -0.1) is 0 Å². The van der Waals surface area contributed by atoms with E-state index in [1.54, 1.807) is 0 Å². The van der Waals surface area contributed by atoms with Crippen molar-refractivity contribution in [2.45, 2.75) is 0 Å². The lowest BCUT2D eigenvalue weighted by Gasteiger charge is -2.20. The summed E-state index contributed by atoms with van der Waals surface area (Å²) in [5, 5.41) is 15.2. The minimum Gasteiger partial charge on any atom is -0.0616 e. The average molecular weight is 683 g/mol. The number of rotatable bonds is 4. The minimum atomic E-state index is 1.21. The molecule has 0 saturated heterocycles. The second kappa shape index (κ2) is 12.3. The third-order valence-electron chi connectivity index (χ3n) is 11.4. The monoisotopic (exact) mass is 682 g/mol. The van der Waals surface area contributed by atoms with Crippen LogP contribution < -0.4 is 0 Å². The van der Waals surface area contributed by atoms with Gasteiger partial charge in [-0.1, -0.05) is 194 Å². The van der Waals surface area contributed by atoms with E-state index in [0.29, 0.717) is 0 Å². The molecule has 11 rings (SSSR count). The van der Waals surface area contributed by atoms with Crippen LogP contribution in [0.5, 0.6) is 0 Å². The Labute approximate surface area is 314 Å². The van der Waals surface area contributed by atoms with E-state index in [9.17, 15) is 0 Å². The number of hydrogen-bond acceptors (Lipinski definition) is 0. The van der Waals surface area contributed by atoms with Gasteiger partial charge in [0.2, 0.25) is 0 Å². The van der Waals surface area contributed by atoms with Crippen LogP contribution in [0.4, 0.5) is 0 Å². The lowest BCUT2D eigenvalue weighted by molar-refractivity contribution is 1.64. The van der Waals surface area contributed by atoms with Crippen molar-refractivity contribution in [3.63, 3.8) is 0 Å². The van der Waals surface area contributed by atoms with E-state index in [-0.39, 0.29) is 0 Å². The van der Waals surface area contributed by atoms with Crippen LogP contribution in [0, 0.1) is 0 Å². The molecule has 0 nitrogen and oxygen atoms in total. The van der Waals surface area contributed by atoms with Gasteiger partial charge in [0.05, 0.1) is 0 Å². The number of hydrogen-bond donors (Lipinski definition) is 0. The van der Waals surface area contributed by atoms with E-state index >= 15 is 0 Å². The Morgan fingerprint density at radius 3 is 1.35 bits per heavy atom. The molecule has 0 radical (unpaired) electrons. The average Bonchev–Trinajstić information content (AvgIpc) is 3.25. The summed E-state index contributed by atoms with van der Waals surface area (Å²) >= 11 is 0. The maximum Gasteiger partial charge on any atom is -0.00201 e. The van der Waals surface area contributed by atoms with Gasteiger partial charge in [-0.05, 0) is 121 Å². The maximum atomic E-state index is 2.44. The van der Waals surface area contributed by atoms with E-state index in [1.807, 2.05) is 0 Å². The SMILES string of the molecule is c1ccc2c(-c3ccc4c(-c5cccc6ccccc56)c5ccccc5c(-c5ccc(-c6cc7ccccc7c7ccccc67)cc5)c4c3)cccc2c1. The van der Waals surface area contributed by atoms with E-state index in [1.165, 1.54) is 109 Å². The van der Waals surface area contributed by atoms with Gasteiger partial charge >= 0.3 is 0 Å². The van der Waals surface area contributed by atoms with Crippen LogP contribution in [0.3, 0.4) is 0 Å². The highest BCUT2D eigenvalue weighted by molar-refractivity contribution is 6.24. The summed E-state index contributed by atoms with van der Waals surface area (Å²) in [5.41, 5.74) is 9.97. The molecule has 0 atom stereocenters. The Morgan fingerprint density at radius 1 is 0.185 bits per heavy atom. The first-order valence-electron chi connectivity index (χ1n) is 18.8. The van der Waals surface area contributed by atoms with Crippen LogP contribution in [-0.2, 0) is 0 Å². The van der Waals surface area contributed by atoms with Gasteiger partial charge in [-0.25, -0.2) is 0 Å². The second-order valence-corrected chi connectivity index (χ2v) is 14.4. The molecule has 54 heavy (non-hydrogen) atoms. The van der Waals surface area contributed by atoms with Crippen molar-refractivity contribution in [2.75, 3.05) is 0 Å². The lowest BCUT2D eigenvalue weighted by Crippen LogP contribution is -1.93. The van der Waals surface area contributed by atoms with Gasteiger partial charge in [-0.3, -0.25) is 0 Å². The van der Waals surface area contributed by atoms with Crippen LogP contribution in [-0.4, -0.2) is 0 Å². The van der Waals surface area contributed by atoms with Crippen molar-refractivity contribution in [2.24, 2.45) is 0 Å². The molecule has 0 N–H and O–H groups in total. The summed E-state index contributed by atoms with van der Waals surface area (Å²) in [7, 11) is 0. The second-order valence-electron chi connectivity index (χ2n) is 14.4.